The molecule has 1 aromatic carbocycles. The van der Waals surface area contributed by atoms with Crippen molar-refractivity contribution < 1.29 is 13.9 Å². The number of hydrogen-bond acceptors (Lipinski definition) is 3. The zero-order chi connectivity index (χ0) is 13.7. The second kappa shape index (κ2) is 6.35. The molecule has 0 spiro atoms. The molecular formula is C13H19FN2O2. The molecule has 0 aromatic heterocycles. The molecule has 0 radical (unpaired) electrons. The second-order valence-electron chi connectivity index (χ2n) is 4.17. The van der Waals surface area contributed by atoms with Crippen LogP contribution < -0.4 is 10.5 Å². The molecule has 18 heavy (non-hydrogen) atoms. The van der Waals surface area contributed by atoms with E-state index in [1.807, 2.05) is 6.92 Å². The Balaban J connectivity index is 2.76. The Hall–Kier alpha value is -1.62. The van der Waals surface area contributed by atoms with Gasteiger partial charge in [0.1, 0.15) is 11.6 Å². The Morgan fingerprint density at radius 3 is 2.78 bits per heavy atom. The van der Waals surface area contributed by atoms with E-state index in [0.29, 0.717) is 17.9 Å². The number of rotatable bonds is 5. The lowest BCUT2D eigenvalue weighted by Crippen LogP contribution is -2.31. The van der Waals surface area contributed by atoms with Gasteiger partial charge in [0.25, 0.3) is 5.91 Å². The Morgan fingerprint density at radius 2 is 2.22 bits per heavy atom. The summed E-state index contributed by atoms with van der Waals surface area (Å²) in [5, 5.41) is 0. The third-order valence-electron chi connectivity index (χ3n) is 2.71. The van der Waals surface area contributed by atoms with Crippen LogP contribution in [0.4, 0.5) is 4.39 Å². The molecule has 1 rings (SSSR count). The van der Waals surface area contributed by atoms with Crippen molar-refractivity contribution in [3.8, 4) is 5.75 Å². The quantitative estimate of drug-likeness (QED) is 0.870. The van der Waals surface area contributed by atoms with Gasteiger partial charge < -0.3 is 15.4 Å². The lowest BCUT2D eigenvalue weighted by Gasteiger charge is -2.17. The van der Waals surface area contributed by atoms with Crippen LogP contribution in [0.1, 0.15) is 25.5 Å². The van der Waals surface area contributed by atoms with E-state index in [1.54, 1.807) is 18.9 Å². The number of ether oxygens (including phenoxy) is 1. The fourth-order valence-electron chi connectivity index (χ4n) is 1.43. The lowest BCUT2D eigenvalue weighted by molar-refractivity contribution is -0.131. The minimum absolute atomic E-state index is 0.0737. The number of hydrogen-bond donors (Lipinski definition) is 1. The first kappa shape index (κ1) is 14.4. The highest BCUT2D eigenvalue weighted by molar-refractivity contribution is 5.77. The van der Waals surface area contributed by atoms with Gasteiger partial charge in [-0.05, 0) is 32.0 Å². The van der Waals surface area contributed by atoms with Gasteiger partial charge in [0.05, 0.1) is 0 Å². The molecular weight excluding hydrogens is 235 g/mol. The van der Waals surface area contributed by atoms with Crippen molar-refractivity contribution in [2.75, 3.05) is 20.2 Å². The predicted octanol–water partition coefficient (Wildman–Crippen LogP) is 1.70. The first-order chi connectivity index (χ1) is 8.45. The largest absolute Gasteiger partial charge is 0.483 e. The van der Waals surface area contributed by atoms with Gasteiger partial charge in [-0.2, -0.15) is 0 Å². The topological polar surface area (TPSA) is 55.6 Å². The normalized spacial score (nSPS) is 12.1. The van der Waals surface area contributed by atoms with Crippen LogP contribution >= 0.6 is 0 Å². The van der Waals surface area contributed by atoms with Gasteiger partial charge in [0.15, 0.2) is 6.61 Å². The fraction of sp³-hybridized carbons (Fsp3) is 0.462. The monoisotopic (exact) mass is 254 g/mol. The van der Waals surface area contributed by atoms with Crippen molar-refractivity contribution in [2.24, 2.45) is 5.73 Å². The molecule has 0 saturated carbocycles. The molecule has 0 bridgehead atoms. The molecule has 100 valence electrons. The standard InChI is InChI=1S/C13H19FN2O2/c1-4-16(3)13(17)8-18-12-6-5-10(14)7-11(12)9(2)15/h5-7,9H,4,8,15H2,1-3H3. The van der Waals surface area contributed by atoms with Gasteiger partial charge in [-0.25, -0.2) is 4.39 Å². The molecule has 0 saturated heterocycles. The van der Waals surface area contributed by atoms with Crippen LogP contribution in [-0.4, -0.2) is 31.0 Å². The molecule has 0 aliphatic rings. The van der Waals surface area contributed by atoms with E-state index in [2.05, 4.69) is 0 Å². The molecule has 0 heterocycles. The van der Waals surface area contributed by atoms with Crippen molar-refractivity contribution in [1.29, 1.82) is 0 Å². The molecule has 1 amide bonds. The van der Waals surface area contributed by atoms with Crippen LogP contribution in [0.3, 0.4) is 0 Å². The molecule has 1 atom stereocenters. The molecule has 1 unspecified atom stereocenters. The Morgan fingerprint density at radius 1 is 1.56 bits per heavy atom. The first-order valence-electron chi connectivity index (χ1n) is 5.87. The highest BCUT2D eigenvalue weighted by atomic mass is 19.1. The number of nitrogens with two attached hydrogens (primary N) is 1. The summed E-state index contributed by atoms with van der Waals surface area (Å²) in [6, 6.07) is 3.76. The minimum atomic E-state index is -0.369. The fourth-order valence-corrected chi connectivity index (χ4v) is 1.43. The average Bonchev–Trinajstić information content (AvgIpc) is 2.35. The Bertz CT molecular complexity index is 421. The van der Waals surface area contributed by atoms with Crippen LogP contribution in [0.25, 0.3) is 0 Å². The number of carbonyl (C=O) groups excluding carboxylic acids is 1. The van der Waals surface area contributed by atoms with E-state index < -0.39 is 0 Å². The Kier molecular flexibility index (Phi) is 5.09. The number of likely N-dealkylation sites (N-methyl/N-ethyl adjacent to an activating group) is 1. The average molecular weight is 254 g/mol. The van der Waals surface area contributed by atoms with Crippen molar-refractivity contribution in [1.82, 2.24) is 4.90 Å². The maximum absolute atomic E-state index is 13.1. The van der Waals surface area contributed by atoms with E-state index in [4.69, 9.17) is 10.5 Å². The van der Waals surface area contributed by atoms with E-state index in [-0.39, 0.29) is 24.4 Å². The van der Waals surface area contributed by atoms with Gasteiger partial charge in [-0.15, -0.1) is 0 Å². The van der Waals surface area contributed by atoms with Gasteiger partial charge in [-0.3, -0.25) is 4.79 Å². The third kappa shape index (κ3) is 3.70. The zero-order valence-corrected chi connectivity index (χ0v) is 10.9. The van der Waals surface area contributed by atoms with Crippen LogP contribution in [-0.2, 0) is 4.79 Å². The summed E-state index contributed by atoms with van der Waals surface area (Å²) in [4.78, 5) is 13.1. The van der Waals surface area contributed by atoms with Gasteiger partial charge in [0, 0.05) is 25.2 Å². The molecule has 5 heteroatoms. The van der Waals surface area contributed by atoms with Gasteiger partial charge >= 0.3 is 0 Å². The Labute approximate surface area is 107 Å². The van der Waals surface area contributed by atoms with Crippen LogP contribution in [0.5, 0.6) is 5.75 Å². The van der Waals surface area contributed by atoms with Crippen molar-refractivity contribution in [3.63, 3.8) is 0 Å². The summed E-state index contributed by atoms with van der Waals surface area (Å²) >= 11 is 0. The SMILES string of the molecule is CCN(C)C(=O)COc1ccc(F)cc1C(C)N. The van der Waals surface area contributed by atoms with Crippen molar-refractivity contribution in [3.05, 3.63) is 29.6 Å². The number of amides is 1. The minimum Gasteiger partial charge on any atom is -0.483 e. The molecule has 4 nitrogen and oxygen atoms in total. The summed E-state index contributed by atoms with van der Waals surface area (Å²) in [6.07, 6.45) is 0. The van der Waals surface area contributed by atoms with Crippen LogP contribution in [0, 0.1) is 5.82 Å². The number of halogens is 1. The highest BCUT2D eigenvalue weighted by Gasteiger charge is 2.12. The van der Waals surface area contributed by atoms with E-state index >= 15 is 0 Å². The van der Waals surface area contributed by atoms with E-state index in [1.165, 1.54) is 18.2 Å². The van der Waals surface area contributed by atoms with E-state index in [9.17, 15) is 9.18 Å². The van der Waals surface area contributed by atoms with Crippen LogP contribution in [0.15, 0.2) is 18.2 Å². The maximum Gasteiger partial charge on any atom is 0.260 e. The number of benzene rings is 1. The molecule has 0 fully saturated rings. The predicted molar refractivity (Wildman–Crippen MR) is 67.8 cm³/mol. The second-order valence-corrected chi connectivity index (χ2v) is 4.17. The lowest BCUT2D eigenvalue weighted by atomic mass is 10.1. The zero-order valence-electron chi connectivity index (χ0n) is 10.9. The number of carbonyl (C=O) groups is 1. The summed E-state index contributed by atoms with van der Waals surface area (Å²) in [7, 11) is 1.70. The highest BCUT2D eigenvalue weighted by Crippen LogP contribution is 2.24. The maximum atomic E-state index is 13.1. The van der Waals surface area contributed by atoms with Gasteiger partial charge in [0.2, 0.25) is 0 Å². The van der Waals surface area contributed by atoms with Crippen molar-refractivity contribution >= 4 is 5.91 Å². The molecule has 0 aliphatic carbocycles. The van der Waals surface area contributed by atoms with Crippen LogP contribution in [0.2, 0.25) is 0 Å². The first-order valence-corrected chi connectivity index (χ1v) is 5.87. The summed E-state index contributed by atoms with van der Waals surface area (Å²) < 4.78 is 18.5. The summed E-state index contributed by atoms with van der Waals surface area (Å²) in [5.74, 6) is -0.0478. The third-order valence-corrected chi connectivity index (χ3v) is 2.71. The van der Waals surface area contributed by atoms with E-state index in [0.717, 1.165) is 0 Å². The summed E-state index contributed by atoms with van der Waals surface area (Å²) in [6.45, 7) is 4.16. The van der Waals surface area contributed by atoms with Crippen molar-refractivity contribution in [2.45, 2.75) is 19.9 Å². The smallest absolute Gasteiger partial charge is 0.260 e. The molecule has 1 aromatic rings. The molecule has 2 N–H and O–H groups in total. The molecule has 0 aliphatic heterocycles. The number of nitrogens with zero attached hydrogens (tertiary/aromatic N) is 1. The summed E-state index contributed by atoms with van der Waals surface area (Å²) in [5.41, 5.74) is 6.29. The van der Waals surface area contributed by atoms with Gasteiger partial charge in [-0.1, -0.05) is 0 Å².